The summed E-state index contributed by atoms with van der Waals surface area (Å²) in [6.45, 7) is -1.28. The Kier molecular flexibility index (Phi) is 14.3. The molecule has 1 unspecified atom stereocenters. The summed E-state index contributed by atoms with van der Waals surface area (Å²) in [5.74, 6) is 0. The number of hydroxylamine groups is 2. The van der Waals surface area contributed by atoms with Gasteiger partial charge in [0.15, 0.2) is 12.6 Å². The summed E-state index contributed by atoms with van der Waals surface area (Å²) in [5, 5.41) is 86.6. The van der Waals surface area contributed by atoms with Gasteiger partial charge in [0.25, 0.3) is 0 Å². The lowest BCUT2D eigenvalue weighted by Gasteiger charge is -2.48. The molecule has 0 aromatic carbocycles. The molecule has 15 atom stereocenters. The summed E-state index contributed by atoms with van der Waals surface area (Å²) in [4.78, 5) is 12.6. The van der Waals surface area contributed by atoms with Crippen LogP contribution in [0.5, 0.6) is 0 Å². The van der Waals surface area contributed by atoms with Gasteiger partial charge in [-0.3, -0.25) is 5.21 Å². The van der Waals surface area contributed by atoms with E-state index in [1.165, 1.54) is 0 Å². The average Bonchev–Trinajstić information content (AvgIpc) is 2.98. The summed E-state index contributed by atoms with van der Waals surface area (Å²) in [6, 6.07) is -5.19. The maximum atomic E-state index is 12.6. The molecule has 0 radical (unpaired) electrons. The van der Waals surface area contributed by atoms with Crippen LogP contribution >= 0.6 is 0 Å². The number of amides is 2. The highest BCUT2D eigenvalue weighted by Crippen LogP contribution is 2.31. The minimum Gasteiger partial charge on any atom is -0.394 e. The third-order valence-electron chi connectivity index (χ3n) is 7.96. The summed E-state index contributed by atoms with van der Waals surface area (Å²) in [5.41, 5.74) is 23.8. The first-order valence-corrected chi connectivity index (χ1v) is 14.5. The summed E-state index contributed by atoms with van der Waals surface area (Å²) >= 11 is 0. The molecule has 18 N–H and O–H groups in total. The Hall–Kier alpha value is -1.41. The van der Waals surface area contributed by atoms with Crippen molar-refractivity contribution in [2.75, 3.05) is 39.4 Å². The molecule has 0 aromatic heterocycles. The van der Waals surface area contributed by atoms with Crippen molar-refractivity contribution in [2.24, 2.45) is 22.9 Å². The maximum absolute atomic E-state index is 12.6. The van der Waals surface area contributed by atoms with Crippen molar-refractivity contribution in [3.8, 4) is 0 Å². The first-order valence-electron chi connectivity index (χ1n) is 14.5. The van der Waals surface area contributed by atoms with Gasteiger partial charge < -0.3 is 88.3 Å². The fraction of sp³-hybridized carbons (Fsp3) is 0.958. The second-order valence-corrected chi connectivity index (χ2v) is 11.3. The average molecular weight is 644 g/mol. The van der Waals surface area contributed by atoms with Crippen molar-refractivity contribution in [3.05, 3.63) is 0 Å². The van der Waals surface area contributed by atoms with Gasteiger partial charge in [-0.05, 0) is 12.8 Å². The first kappa shape index (κ1) is 37.1. The normalized spacial score (nSPS) is 42.1. The van der Waals surface area contributed by atoms with Gasteiger partial charge in [-0.2, -0.15) is 0 Å². The lowest BCUT2D eigenvalue weighted by atomic mass is 9.83. The highest BCUT2D eigenvalue weighted by atomic mass is 16.7. The van der Waals surface area contributed by atoms with Crippen molar-refractivity contribution in [1.29, 1.82) is 0 Å². The molecule has 0 spiro atoms. The minimum atomic E-state index is -1.64. The van der Waals surface area contributed by atoms with E-state index in [1.807, 2.05) is 0 Å². The molecule has 3 aliphatic rings. The number of nitrogens with one attached hydrogen (secondary N) is 2. The molecular formula is C24H49N7O13. The van der Waals surface area contributed by atoms with Crippen LogP contribution in [0.3, 0.4) is 0 Å². The van der Waals surface area contributed by atoms with Crippen LogP contribution in [0.15, 0.2) is 0 Å². The van der Waals surface area contributed by atoms with Gasteiger partial charge >= 0.3 is 6.03 Å². The number of carbonyl (C=O) groups excluding carboxylic acids is 1. The number of nitrogens with two attached hydrogens (primary N) is 4. The second-order valence-electron chi connectivity index (χ2n) is 11.3. The molecule has 2 amide bonds. The van der Waals surface area contributed by atoms with Gasteiger partial charge in [0.05, 0.1) is 56.2 Å². The number of ether oxygens (including phenoxy) is 4. The number of nitrogens with zero attached hydrogens (tertiary/aromatic N) is 1. The smallest absolute Gasteiger partial charge is 0.341 e. The second kappa shape index (κ2) is 16.9. The number of aliphatic hydroxyl groups excluding tert-OH is 7. The lowest BCUT2D eigenvalue weighted by Crippen LogP contribution is -2.69. The minimum absolute atomic E-state index is 0.0302. The molecule has 258 valence electrons. The monoisotopic (exact) mass is 643 g/mol. The Bertz CT molecular complexity index is 884. The third-order valence-corrected chi connectivity index (χ3v) is 7.96. The molecule has 3 fully saturated rings. The number of rotatable bonds is 13. The van der Waals surface area contributed by atoms with Gasteiger partial charge in [0, 0.05) is 25.7 Å². The van der Waals surface area contributed by atoms with Crippen LogP contribution in [-0.4, -0.2) is 183 Å². The van der Waals surface area contributed by atoms with Crippen LogP contribution in [0.4, 0.5) is 4.79 Å². The van der Waals surface area contributed by atoms with Crippen molar-refractivity contribution in [2.45, 2.75) is 105 Å². The van der Waals surface area contributed by atoms with Gasteiger partial charge in [-0.25, -0.2) is 9.86 Å². The Labute approximate surface area is 253 Å². The number of hydrogen-bond donors (Lipinski definition) is 14. The highest BCUT2D eigenvalue weighted by Gasteiger charge is 2.51. The Morgan fingerprint density at radius 2 is 1.59 bits per heavy atom. The van der Waals surface area contributed by atoms with Gasteiger partial charge in [0.1, 0.15) is 36.6 Å². The predicted octanol–water partition coefficient (Wildman–Crippen LogP) is -7.91. The first-order chi connectivity index (χ1) is 20.8. The SMILES string of the molecule is NCCN(O)C(=O)N[C@@H]1C[C@H](N)[C@@H](O[C@H]2O[C@H](CNCC(O)CO)[C@@H](O)C[C@H]2N)[C@H](O)[C@H]1O[C@H]1O[C@H](CO)[C@@H](O)[C@H](N)[C@H]1O. The van der Waals surface area contributed by atoms with Crippen LogP contribution in [0.25, 0.3) is 0 Å². The molecule has 20 heteroatoms. The maximum Gasteiger partial charge on any atom is 0.341 e. The fourth-order valence-corrected chi connectivity index (χ4v) is 5.41. The molecular weight excluding hydrogens is 594 g/mol. The van der Waals surface area contributed by atoms with Crippen LogP contribution < -0.4 is 33.6 Å². The molecule has 1 saturated carbocycles. The molecule has 3 rings (SSSR count). The van der Waals surface area contributed by atoms with E-state index in [9.17, 15) is 40.6 Å². The largest absolute Gasteiger partial charge is 0.394 e. The highest BCUT2D eigenvalue weighted by molar-refractivity contribution is 5.73. The van der Waals surface area contributed by atoms with Crippen LogP contribution in [-0.2, 0) is 18.9 Å². The summed E-state index contributed by atoms with van der Waals surface area (Å²) in [7, 11) is 0. The van der Waals surface area contributed by atoms with E-state index in [0.29, 0.717) is 5.06 Å². The van der Waals surface area contributed by atoms with Crippen LogP contribution in [0.2, 0.25) is 0 Å². The van der Waals surface area contributed by atoms with E-state index in [0.717, 1.165) is 0 Å². The van der Waals surface area contributed by atoms with E-state index in [1.54, 1.807) is 0 Å². The lowest BCUT2D eigenvalue weighted by molar-refractivity contribution is -0.316. The number of urea groups is 1. The number of hydrogen-bond acceptors (Lipinski definition) is 18. The molecule has 2 aliphatic heterocycles. The van der Waals surface area contributed by atoms with Crippen molar-refractivity contribution in [3.63, 3.8) is 0 Å². The zero-order valence-corrected chi connectivity index (χ0v) is 24.2. The Balaban J connectivity index is 1.79. The summed E-state index contributed by atoms with van der Waals surface area (Å²) < 4.78 is 23.3. The molecule has 44 heavy (non-hydrogen) atoms. The van der Waals surface area contributed by atoms with Crippen LogP contribution in [0, 0.1) is 0 Å². The number of aliphatic hydroxyl groups is 7. The van der Waals surface area contributed by atoms with Gasteiger partial charge in [-0.1, -0.05) is 0 Å². The van der Waals surface area contributed by atoms with Gasteiger partial charge in [-0.15, -0.1) is 0 Å². The van der Waals surface area contributed by atoms with E-state index < -0.39 is 111 Å². The molecule has 20 nitrogen and oxygen atoms in total. The van der Waals surface area contributed by atoms with Crippen molar-refractivity contribution in [1.82, 2.24) is 15.7 Å². The Morgan fingerprint density at radius 3 is 2.23 bits per heavy atom. The molecule has 0 bridgehead atoms. The third kappa shape index (κ3) is 9.11. The van der Waals surface area contributed by atoms with Crippen molar-refractivity contribution >= 4 is 6.03 Å². The molecule has 2 saturated heterocycles. The predicted molar refractivity (Wildman–Crippen MR) is 147 cm³/mol. The quantitative estimate of drug-likeness (QED) is 0.0654. The Morgan fingerprint density at radius 1 is 0.932 bits per heavy atom. The van der Waals surface area contributed by atoms with E-state index in [4.69, 9.17) is 47.0 Å². The molecule has 2 heterocycles. The summed E-state index contributed by atoms with van der Waals surface area (Å²) in [6.07, 6.45) is -14.2. The molecule has 0 aromatic rings. The van der Waals surface area contributed by atoms with E-state index in [-0.39, 0.29) is 39.0 Å². The van der Waals surface area contributed by atoms with Gasteiger partial charge in [0.2, 0.25) is 0 Å². The van der Waals surface area contributed by atoms with Crippen LogP contribution in [0.1, 0.15) is 12.8 Å². The van der Waals surface area contributed by atoms with E-state index in [2.05, 4.69) is 10.6 Å². The molecule has 1 aliphatic carbocycles. The van der Waals surface area contributed by atoms with E-state index >= 15 is 0 Å². The topological polar surface area (TPSA) is 347 Å². The fourth-order valence-electron chi connectivity index (χ4n) is 5.41. The van der Waals surface area contributed by atoms with Crippen molar-refractivity contribution < 1.29 is 64.7 Å². The number of carbonyl (C=O) groups is 1. The zero-order valence-electron chi connectivity index (χ0n) is 24.2. The zero-order chi connectivity index (χ0) is 32.7. The standard InChI is InChI=1S/C24H49N7O13/c25-1-2-31(40)24(39)30-12-3-10(26)20(19(38)21(12)44-23-18(37)16(28)17(36)15(8-33)42-23)43-22-11(27)4-13(35)14(41-22)6-29-5-9(34)7-32/h9-23,29,32-38,40H,1-8,25-28H2,(H,30,39)/t9?,10-,11+,12+,13-,14+,15+,16-,17+,18+,19-,20+,21-,22+,23+/m0/s1.